The highest BCUT2D eigenvalue weighted by Crippen LogP contribution is 2.39. The molecule has 182 valence electrons. The van der Waals surface area contributed by atoms with Crippen LogP contribution in [0.2, 0.25) is 0 Å². The topological polar surface area (TPSA) is 114 Å². The number of hydrogen-bond acceptors (Lipinski definition) is 6. The van der Waals surface area contributed by atoms with Crippen molar-refractivity contribution in [2.45, 2.75) is 51.2 Å². The number of aromatic nitrogens is 1. The van der Waals surface area contributed by atoms with Crippen LogP contribution in [0, 0.1) is 6.92 Å². The lowest BCUT2D eigenvalue weighted by molar-refractivity contribution is 0.0235. The third kappa shape index (κ3) is 6.12. The number of sulfonamides is 1. The number of guanidine groups is 1. The first-order chi connectivity index (χ1) is 16.2. The zero-order valence-corrected chi connectivity index (χ0v) is 20.6. The molecule has 4 rings (SSSR count). The molecular formula is C24H31N5O4S. The summed E-state index contributed by atoms with van der Waals surface area (Å²) in [5.41, 5.74) is 3.35. The molecule has 10 heteroatoms. The molecule has 1 saturated heterocycles. The molecule has 0 radical (unpaired) electrons. The van der Waals surface area contributed by atoms with Crippen molar-refractivity contribution >= 4 is 34.1 Å². The van der Waals surface area contributed by atoms with Crippen molar-refractivity contribution in [2.75, 3.05) is 24.2 Å². The minimum absolute atomic E-state index is 0.0259. The van der Waals surface area contributed by atoms with Crippen LogP contribution in [-0.2, 0) is 14.8 Å². The molecule has 2 fully saturated rings. The molecule has 1 aliphatic heterocycles. The van der Waals surface area contributed by atoms with Gasteiger partial charge in [0.1, 0.15) is 6.10 Å². The predicted molar refractivity (Wildman–Crippen MR) is 135 cm³/mol. The summed E-state index contributed by atoms with van der Waals surface area (Å²) >= 11 is 0. The number of rotatable bonds is 7. The van der Waals surface area contributed by atoms with Crippen LogP contribution in [-0.4, -0.2) is 57.2 Å². The van der Waals surface area contributed by atoms with E-state index in [1.54, 1.807) is 24.4 Å². The van der Waals surface area contributed by atoms with E-state index in [9.17, 15) is 8.42 Å². The van der Waals surface area contributed by atoms with E-state index >= 15 is 0 Å². The Morgan fingerprint density at radius 3 is 2.68 bits per heavy atom. The third-order valence-corrected chi connectivity index (χ3v) is 6.55. The molecule has 1 aromatic carbocycles. The van der Waals surface area contributed by atoms with Crippen LogP contribution < -0.4 is 14.8 Å². The van der Waals surface area contributed by atoms with Gasteiger partial charge in [-0.15, -0.1) is 0 Å². The maximum absolute atomic E-state index is 11.7. The van der Waals surface area contributed by atoms with Crippen molar-refractivity contribution in [3.05, 3.63) is 36.0 Å². The number of pyridine rings is 1. The SMILES string of the molecule is C=N/C(=N\c1c(-c2cccc(NS(C)(=O)=O)c2)cnc(OC2CCOCC2)c1C)NC1(C)CC1. The Hall–Kier alpha value is -2.98. The highest BCUT2D eigenvalue weighted by Gasteiger charge is 2.38. The number of nitrogens with zero attached hydrogens (tertiary/aromatic N) is 3. The lowest BCUT2D eigenvalue weighted by atomic mass is 10.0. The highest BCUT2D eigenvalue weighted by atomic mass is 32.2. The Balaban J connectivity index is 1.76. The first-order valence-electron chi connectivity index (χ1n) is 11.3. The monoisotopic (exact) mass is 485 g/mol. The van der Waals surface area contributed by atoms with Gasteiger partial charge in [0.2, 0.25) is 21.9 Å². The molecular weight excluding hydrogens is 454 g/mol. The number of anilines is 1. The smallest absolute Gasteiger partial charge is 0.229 e. The summed E-state index contributed by atoms with van der Waals surface area (Å²) in [4.78, 5) is 13.5. The van der Waals surface area contributed by atoms with Crippen LogP contribution in [0.5, 0.6) is 5.88 Å². The van der Waals surface area contributed by atoms with E-state index in [0.717, 1.165) is 48.6 Å². The number of nitrogens with one attached hydrogen (secondary N) is 2. The van der Waals surface area contributed by atoms with Crippen molar-refractivity contribution in [1.29, 1.82) is 0 Å². The van der Waals surface area contributed by atoms with Gasteiger partial charge in [0.15, 0.2) is 0 Å². The predicted octanol–water partition coefficient (Wildman–Crippen LogP) is 3.82. The minimum Gasteiger partial charge on any atom is -0.474 e. The largest absolute Gasteiger partial charge is 0.474 e. The molecule has 2 aliphatic rings. The Kier molecular flexibility index (Phi) is 6.90. The third-order valence-electron chi connectivity index (χ3n) is 5.95. The average Bonchev–Trinajstić information content (AvgIpc) is 3.52. The van der Waals surface area contributed by atoms with Crippen LogP contribution >= 0.6 is 0 Å². The van der Waals surface area contributed by atoms with E-state index in [-0.39, 0.29) is 11.6 Å². The molecule has 1 aromatic heterocycles. The maximum Gasteiger partial charge on any atom is 0.229 e. The van der Waals surface area contributed by atoms with Gasteiger partial charge in [-0.3, -0.25) is 4.72 Å². The quantitative estimate of drug-likeness (QED) is 0.455. The van der Waals surface area contributed by atoms with Gasteiger partial charge in [-0.2, -0.15) is 0 Å². The number of ether oxygens (including phenoxy) is 2. The van der Waals surface area contributed by atoms with Crippen molar-refractivity contribution < 1.29 is 17.9 Å². The maximum atomic E-state index is 11.7. The van der Waals surface area contributed by atoms with E-state index in [4.69, 9.17) is 14.5 Å². The molecule has 2 heterocycles. The second-order valence-corrected chi connectivity index (χ2v) is 10.9. The standard InChI is InChI=1S/C24H31N5O4S/c1-16-21(27-23(25-3)28-24(2)10-11-24)20(15-26-22(16)33-19-8-12-32-13-9-19)17-6-5-7-18(14-17)29-34(4,30)31/h5-7,14-15,19,29H,3,8-13H2,1-2,4H3,(H,26,27,28). The fraction of sp³-hybridized carbons (Fsp3) is 0.458. The van der Waals surface area contributed by atoms with Gasteiger partial charge < -0.3 is 14.8 Å². The Bertz CT molecular complexity index is 1200. The highest BCUT2D eigenvalue weighted by molar-refractivity contribution is 7.92. The normalized spacial score (nSPS) is 18.3. The summed E-state index contributed by atoms with van der Waals surface area (Å²) in [5.74, 6) is 0.943. The molecule has 2 N–H and O–H groups in total. The van der Waals surface area contributed by atoms with Crippen molar-refractivity contribution in [3.63, 3.8) is 0 Å². The summed E-state index contributed by atoms with van der Waals surface area (Å²) in [6.07, 6.45) is 6.56. The van der Waals surface area contributed by atoms with E-state index < -0.39 is 10.0 Å². The van der Waals surface area contributed by atoms with Gasteiger partial charge in [-0.25, -0.2) is 23.4 Å². The zero-order chi connectivity index (χ0) is 24.3. The second-order valence-electron chi connectivity index (χ2n) is 9.11. The molecule has 9 nitrogen and oxygen atoms in total. The summed E-state index contributed by atoms with van der Waals surface area (Å²) < 4.78 is 37.6. The molecule has 0 atom stereocenters. The van der Waals surface area contributed by atoms with Gasteiger partial charge in [-0.05, 0) is 51.1 Å². The Labute approximate surface area is 200 Å². The molecule has 0 bridgehead atoms. The Morgan fingerprint density at radius 2 is 2.03 bits per heavy atom. The molecule has 2 aromatic rings. The van der Waals surface area contributed by atoms with Crippen LogP contribution in [0.4, 0.5) is 11.4 Å². The first-order valence-corrected chi connectivity index (χ1v) is 13.2. The first kappa shape index (κ1) is 24.2. The van der Waals surface area contributed by atoms with Crippen molar-refractivity contribution in [2.24, 2.45) is 9.98 Å². The van der Waals surface area contributed by atoms with Gasteiger partial charge in [0.25, 0.3) is 0 Å². The van der Waals surface area contributed by atoms with Gasteiger partial charge in [-0.1, -0.05) is 12.1 Å². The molecule has 0 unspecified atom stereocenters. The summed E-state index contributed by atoms with van der Waals surface area (Å²) in [6.45, 7) is 9.06. The number of hydrogen-bond donors (Lipinski definition) is 2. The minimum atomic E-state index is -3.41. The van der Waals surface area contributed by atoms with Gasteiger partial charge in [0.05, 0.1) is 25.2 Å². The van der Waals surface area contributed by atoms with E-state index in [0.29, 0.717) is 36.4 Å². The van der Waals surface area contributed by atoms with E-state index in [2.05, 4.69) is 33.7 Å². The second kappa shape index (κ2) is 9.71. The van der Waals surface area contributed by atoms with Crippen LogP contribution in [0.3, 0.4) is 0 Å². The summed E-state index contributed by atoms with van der Waals surface area (Å²) in [6, 6.07) is 7.13. The fourth-order valence-corrected chi connectivity index (χ4v) is 4.32. The number of benzene rings is 1. The van der Waals surface area contributed by atoms with Crippen molar-refractivity contribution in [3.8, 4) is 17.0 Å². The number of aliphatic imine (C=N–C) groups is 2. The lowest BCUT2D eigenvalue weighted by Gasteiger charge is -2.24. The Morgan fingerprint density at radius 1 is 1.29 bits per heavy atom. The molecule has 0 spiro atoms. The fourth-order valence-electron chi connectivity index (χ4n) is 3.77. The average molecular weight is 486 g/mol. The van der Waals surface area contributed by atoms with Crippen LogP contribution in [0.1, 0.15) is 38.2 Å². The summed E-state index contributed by atoms with van der Waals surface area (Å²) in [5, 5.41) is 3.37. The van der Waals surface area contributed by atoms with Crippen LogP contribution in [0.15, 0.2) is 40.4 Å². The van der Waals surface area contributed by atoms with E-state index in [1.807, 2.05) is 13.0 Å². The van der Waals surface area contributed by atoms with E-state index in [1.165, 1.54) is 0 Å². The lowest BCUT2D eigenvalue weighted by Crippen LogP contribution is -2.32. The molecule has 0 amide bonds. The zero-order valence-electron chi connectivity index (χ0n) is 19.8. The van der Waals surface area contributed by atoms with Crippen molar-refractivity contribution in [1.82, 2.24) is 10.3 Å². The molecule has 1 aliphatic carbocycles. The summed E-state index contributed by atoms with van der Waals surface area (Å²) in [7, 11) is -3.41. The van der Waals surface area contributed by atoms with Gasteiger partial charge >= 0.3 is 0 Å². The van der Waals surface area contributed by atoms with Gasteiger partial charge in [0, 0.05) is 41.4 Å². The molecule has 1 saturated carbocycles. The van der Waals surface area contributed by atoms with Crippen LogP contribution in [0.25, 0.3) is 11.1 Å². The molecule has 34 heavy (non-hydrogen) atoms.